The van der Waals surface area contributed by atoms with E-state index >= 15 is 0 Å². The molecule has 0 aromatic heterocycles. The van der Waals surface area contributed by atoms with Crippen LogP contribution in [0.15, 0.2) is 82.5 Å². The average Bonchev–Trinajstić information content (AvgIpc) is 3.10. The second kappa shape index (κ2) is 25.9. The minimum atomic E-state index is 0.282. The van der Waals surface area contributed by atoms with Crippen molar-refractivity contribution in [2.75, 3.05) is 0 Å². The Morgan fingerprint density at radius 2 is 0.925 bits per heavy atom. The molecule has 2 heteroatoms. The maximum Gasteiger partial charge on any atom is 0.127 e. The van der Waals surface area contributed by atoms with E-state index in [0.717, 1.165) is 40.7 Å². The lowest BCUT2D eigenvalue weighted by Crippen LogP contribution is -1.99. The fraction of sp³-hybridized carbons (Fsp3) is 0.608. The predicted octanol–water partition coefficient (Wildman–Crippen LogP) is 16.4. The number of aromatic hydroxyl groups is 2. The molecule has 2 N–H and O–H groups in total. The molecule has 0 amide bonds. The van der Waals surface area contributed by atoms with Crippen molar-refractivity contribution >= 4 is 10.8 Å². The van der Waals surface area contributed by atoms with Crippen molar-refractivity contribution in [3.63, 3.8) is 0 Å². The standard InChI is InChI=1S/C51H80O2/c1-38(2)20-13-21-39(3)22-14-23-40(4)24-15-25-41(5)26-16-27-42(6)28-17-29-43(7)30-18-31-44(8)32-19-33-45(9)36-37-47-46(10)50(52)48-34-11-12-35-49(48)51(47)53/h11-12,20,24,26,28,34-36,39,43-44,52-53H,13-19,21-23,25,27,29-33,37H2,1-10H3/b40-24+,41-26+,42-28+,45-36+/t39?,43-,44?/m0/s1. The smallest absolute Gasteiger partial charge is 0.127 e. The lowest BCUT2D eigenvalue weighted by molar-refractivity contribution is 0.406. The molecule has 0 saturated heterocycles. The van der Waals surface area contributed by atoms with Gasteiger partial charge < -0.3 is 10.2 Å². The third-order valence-corrected chi connectivity index (χ3v) is 11.5. The largest absolute Gasteiger partial charge is 0.507 e. The second-order valence-corrected chi connectivity index (χ2v) is 17.3. The summed E-state index contributed by atoms with van der Waals surface area (Å²) in [5.41, 5.74) is 9.08. The zero-order chi connectivity index (χ0) is 39.2. The summed E-state index contributed by atoms with van der Waals surface area (Å²) in [7, 11) is 0. The first kappa shape index (κ1) is 46.2. The molecule has 0 bridgehead atoms. The van der Waals surface area contributed by atoms with Crippen LogP contribution in [0.4, 0.5) is 0 Å². The molecule has 0 aliphatic rings. The highest BCUT2D eigenvalue weighted by molar-refractivity contribution is 5.95. The van der Waals surface area contributed by atoms with Gasteiger partial charge in [0.15, 0.2) is 0 Å². The Morgan fingerprint density at radius 3 is 1.45 bits per heavy atom. The summed E-state index contributed by atoms with van der Waals surface area (Å²) in [6, 6.07) is 7.54. The molecule has 2 rings (SSSR count). The molecular weight excluding hydrogens is 645 g/mol. The van der Waals surface area contributed by atoms with Crippen molar-refractivity contribution in [3.8, 4) is 11.5 Å². The summed E-state index contributed by atoms with van der Waals surface area (Å²) in [5.74, 6) is 2.97. The molecule has 0 aliphatic heterocycles. The van der Waals surface area contributed by atoms with Gasteiger partial charge in [0, 0.05) is 16.3 Å². The molecule has 0 radical (unpaired) electrons. The second-order valence-electron chi connectivity index (χ2n) is 17.3. The number of fused-ring (bicyclic) bond motifs is 1. The van der Waals surface area contributed by atoms with Crippen molar-refractivity contribution in [2.24, 2.45) is 17.8 Å². The van der Waals surface area contributed by atoms with Crippen LogP contribution in [0.5, 0.6) is 11.5 Å². The van der Waals surface area contributed by atoms with Crippen LogP contribution < -0.4 is 0 Å². The predicted molar refractivity (Wildman–Crippen MR) is 236 cm³/mol. The summed E-state index contributed by atoms with van der Waals surface area (Å²) in [6.07, 6.45) is 34.0. The molecule has 0 heterocycles. The van der Waals surface area contributed by atoms with Crippen molar-refractivity contribution in [2.45, 2.75) is 185 Å². The molecule has 296 valence electrons. The Balaban J connectivity index is 1.55. The number of phenolic OH excluding ortho intramolecular Hbond substituents is 2. The average molecular weight is 725 g/mol. The van der Waals surface area contributed by atoms with E-state index in [9.17, 15) is 10.2 Å². The molecule has 2 unspecified atom stereocenters. The first-order valence-electron chi connectivity index (χ1n) is 21.5. The van der Waals surface area contributed by atoms with Crippen LogP contribution in [0.25, 0.3) is 10.8 Å². The summed E-state index contributed by atoms with van der Waals surface area (Å²) in [6.45, 7) is 22.7. The van der Waals surface area contributed by atoms with Crippen molar-refractivity contribution in [1.29, 1.82) is 0 Å². The molecule has 0 spiro atoms. The maximum atomic E-state index is 10.9. The number of phenols is 2. The van der Waals surface area contributed by atoms with Gasteiger partial charge in [-0.1, -0.05) is 135 Å². The molecule has 0 fully saturated rings. The first-order chi connectivity index (χ1) is 25.3. The van der Waals surface area contributed by atoms with E-state index in [-0.39, 0.29) is 5.75 Å². The molecule has 2 nitrogen and oxygen atoms in total. The minimum Gasteiger partial charge on any atom is -0.507 e. The highest BCUT2D eigenvalue weighted by atomic mass is 16.3. The third-order valence-electron chi connectivity index (χ3n) is 11.5. The van der Waals surface area contributed by atoms with Gasteiger partial charge in [-0.15, -0.1) is 0 Å². The van der Waals surface area contributed by atoms with E-state index in [4.69, 9.17) is 0 Å². The Morgan fingerprint density at radius 1 is 0.509 bits per heavy atom. The van der Waals surface area contributed by atoms with Crippen LogP contribution in [-0.2, 0) is 6.42 Å². The van der Waals surface area contributed by atoms with E-state index in [2.05, 4.69) is 92.7 Å². The molecule has 2 aromatic carbocycles. The normalized spacial score (nSPS) is 14.8. The van der Waals surface area contributed by atoms with Gasteiger partial charge in [0.25, 0.3) is 0 Å². The zero-order valence-corrected chi connectivity index (χ0v) is 36.1. The summed E-state index contributed by atoms with van der Waals surface area (Å²) >= 11 is 0. The Hall–Kier alpha value is -3.00. The molecule has 3 atom stereocenters. The van der Waals surface area contributed by atoms with Gasteiger partial charge >= 0.3 is 0 Å². The quantitative estimate of drug-likeness (QED) is 0.0749. The number of rotatable bonds is 26. The lowest BCUT2D eigenvalue weighted by Gasteiger charge is -2.15. The van der Waals surface area contributed by atoms with Gasteiger partial charge in [0.05, 0.1) is 0 Å². The number of hydrogen-bond acceptors (Lipinski definition) is 2. The topological polar surface area (TPSA) is 40.5 Å². The summed E-state index contributed by atoms with van der Waals surface area (Å²) in [4.78, 5) is 0. The van der Waals surface area contributed by atoms with Gasteiger partial charge in [-0.2, -0.15) is 0 Å². The van der Waals surface area contributed by atoms with Gasteiger partial charge in [0.2, 0.25) is 0 Å². The zero-order valence-electron chi connectivity index (χ0n) is 36.1. The monoisotopic (exact) mass is 725 g/mol. The van der Waals surface area contributed by atoms with E-state index in [1.54, 1.807) is 16.7 Å². The number of hydrogen-bond donors (Lipinski definition) is 2. The van der Waals surface area contributed by atoms with Gasteiger partial charge in [-0.25, -0.2) is 0 Å². The Labute approximate surface area is 327 Å². The molecular formula is C51H80O2. The molecule has 0 saturated carbocycles. The van der Waals surface area contributed by atoms with Crippen LogP contribution in [0.3, 0.4) is 0 Å². The Bertz CT molecular complexity index is 1510. The van der Waals surface area contributed by atoms with Crippen molar-refractivity contribution in [3.05, 3.63) is 93.6 Å². The van der Waals surface area contributed by atoms with Crippen LogP contribution in [0, 0.1) is 24.7 Å². The SMILES string of the molecule is CC(C)=CCCC(C)CCC/C(C)=C/CC/C(C)=C/CC/C(C)=C/CC[C@H](C)CCCC(C)CCC/C(C)=C/Cc1c(C)c(O)c2ccccc2c1O. The van der Waals surface area contributed by atoms with E-state index in [0.29, 0.717) is 17.6 Å². The fourth-order valence-corrected chi connectivity index (χ4v) is 7.59. The van der Waals surface area contributed by atoms with Crippen molar-refractivity contribution in [1.82, 2.24) is 0 Å². The van der Waals surface area contributed by atoms with Crippen LogP contribution in [0.2, 0.25) is 0 Å². The van der Waals surface area contributed by atoms with Crippen LogP contribution in [-0.4, -0.2) is 10.2 Å². The van der Waals surface area contributed by atoms with Gasteiger partial charge in [0.1, 0.15) is 11.5 Å². The molecule has 53 heavy (non-hydrogen) atoms. The molecule has 2 aromatic rings. The minimum absolute atomic E-state index is 0.282. The van der Waals surface area contributed by atoms with E-state index in [1.165, 1.54) is 114 Å². The van der Waals surface area contributed by atoms with Crippen LogP contribution >= 0.6 is 0 Å². The highest BCUT2D eigenvalue weighted by Crippen LogP contribution is 2.39. The molecule has 0 aliphatic carbocycles. The lowest BCUT2D eigenvalue weighted by atomic mass is 9.92. The number of allylic oxidation sites excluding steroid dienone is 10. The van der Waals surface area contributed by atoms with E-state index < -0.39 is 0 Å². The fourth-order valence-electron chi connectivity index (χ4n) is 7.59. The summed E-state index contributed by atoms with van der Waals surface area (Å²) in [5, 5.41) is 23.0. The number of benzene rings is 2. The van der Waals surface area contributed by atoms with Crippen LogP contribution in [0.1, 0.15) is 183 Å². The maximum absolute atomic E-state index is 10.9. The van der Waals surface area contributed by atoms with E-state index in [1.807, 2.05) is 31.2 Å². The third kappa shape index (κ3) is 19.2. The van der Waals surface area contributed by atoms with Crippen molar-refractivity contribution < 1.29 is 10.2 Å². The van der Waals surface area contributed by atoms with Gasteiger partial charge in [-0.3, -0.25) is 0 Å². The first-order valence-corrected chi connectivity index (χ1v) is 21.5. The Kier molecular flexibility index (Phi) is 22.6. The van der Waals surface area contributed by atoms with Gasteiger partial charge in [-0.05, 0) is 155 Å². The highest BCUT2D eigenvalue weighted by Gasteiger charge is 2.15. The summed E-state index contributed by atoms with van der Waals surface area (Å²) < 4.78 is 0.